The lowest BCUT2D eigenvalue weighted by molar-refractivity contribution is 0.0731. The Morgan fingerprint density at radius 2 is 1.84 bits per heavy atom. The molecule has 32 heavy (non-hydrogen) atoms. The number of amides is 1. The number of rotatable bonds is 7. The van der Waals surface area contributed by atoms with E-state index in [1.54, 1.807) is 31.0 Å². The lowest BCUT2D eigenvalue weighted by Gasteiger charge is -2.23. The molecule has 0 spiro atoms. The second kappa shape index (κ2) is 8.49. The van der Waals surface area contributed by atoms with Gasteiger partial charge >= 0.3 is 0 Å². The van der Waals surface area contributed by atoms with Gasteiger partial charge in [-0.3, -0.25) is 14.8 Å². The molecule has 1 amide bonds. The van der Waals surface area contributed by atoms with Crippen LogP contribution in [0.2, 0.25) is 0 Å². The SMILES string of the molecule is CC(C)n1ncc2c(C(=O)N(Cc3ccncc3)Cc3cccnc3)cc(C3CC3)nc21. The van der Waals surface area contributed by atoms with E-state index in [0.717, 1.165) is 40.7 Å². The Bertz CT molecular complexity index is 1190. The maximum atomic E-state index is 14.0. The average Bonchev–Trinajstić information content (AvgIpc) is 3.57. The molecule has 162 valence electrons. The van der Waals surface area contributed by atoms with Gasteiger partial charge < -0.3 is 4.90 Å². The normalized spacial score (nSPS) is 13.6. The minimum absolute atomic E-state index is 0.0247. The van der Waals surface area contributed by atoms with Gasteiger partial charge in [-0.15, -0.1) is 0 Å². The zero-order valence-electron chi connectivity index (χ0n) is 18.3. The van der Waals surface area contributed by atoms with E-state index in [9.17, 15) is 4.79 Å². The molecule has 0 atom stereocenters. The smallest absolute Gasteiger partial charge is 0.255 e. The standard InChI is InChI=1S/C25H26N6O/c1-17(2)31-24-22(14-28-31)21(12-23(29-24)20-5-6-20)25(32)30(15-18-7-10-26-11-8-18)16-19-4-3-9-27-13-19/h3-4,7-14,17,20H,5-6,15-16H2,1-2H3. The number of pyridine rings is 3. The highest BCUT2D eigenvalue weighted by Gasteiger charge is 2.29. The van der Waals surface area contributed by atoms with Gasteiger partial charge in [0.25, 0.3) is 5.91 Å². The third-order valence-corrected chi connectivity index (χ3v) is 5.81. The highest BCUT2D eigenvalue weighted by atomic mass is 16.2. The van der Waals surface area contributed by atoms with Crippen LogP contribution in [0.1, 0.15) is 65.8 Å². The first-order valence-electron chi connectivity index (χ1n) is 11.1. The summed E-state index contributed by atoms with van der Waals surface area (Å²) >= 11 is 0. The summed E-state index contributed by atoms with van der Waals surface area (Å²) in [6.07, 6.45) is 11.1. The molecule has 1 fully saturated rings. The summed E-state index contributed by atoms with van der Waals surface area (Å²) in [5, 5.41) is 5.36. The van der Waals surface area contributed by atoms with Gasteiger partial charge in [0.05, 0.1) is 17.1 Å². The molecule has 0 radical (unpaired) electrons. The topological polar surface area (TPSA) is 76.8 Å². The van der Waals surface area contributed by atoms with Crippen molar-refractivity contribution in [3.63, 3.8) is 0 Å². The minimum Gasteiger partial charge on any atom is -0.330 e. The van der Waals surface area contributed by atoms with Crippen molar-refractivity contribution >= 4 is 16.9 Å². The Labute approximate surface area is 187 Å². The predicted octanol–water partition coefficient (Wildman–Crippen LogP) is 4.52. The van der Waals surface area contributed by atoms with E-state index in [4.69, 9.17) is 4.98 Å². The summed E-state index contributed by atoms with van der Waals surface area (Å²) in [4.78, 5) is 29.1. The van der Waals surface area contributed by atoms with E-state index in [2.05, 4.69) is 28.9 Å². The molecule has 0 unspecified atom stereocenters. The van der Waals surface area contributed by atoms with Crippen molar-refractivity contribution in [1.82, 2.24) is 29.6 Å². The molecule has 0 aromatic carbocycles. The van der Waals surface area contributed by atoms with Crippen molar-refractivity contribution in [2.24, 2.45) is 0 Å². The first-order chi connectivity index (χ1) is 15.6. The third kappa shape index (κ3) is 4.10. The first kappa shape index (κ1) is 20.3. The Kier molecular flexibility index (Phi) is 5.39. The highest BCUT2D eigenvalue weighted by molar-refractivity contribution is 6.05. The molecule has 7 heteroatoms. The van der Waals surface area contributed by atoms with Gasteiger partial charge in [-0.25, -0.2) is 9.67 Å². The van der Waals surface area contributed by atoms with Crippen LogP contribution < -0.4 is 0 Å². The molecular weight excluding hydrogens is 400 g/mol. The largest absolute Gasteiger partial charge is 0.330 e. The van der Waals surface area contributed by atoms with Crippen LogP contribution in [-0.2, 0) is 13.1 Å². The number of hydrogen-bond acceptors (Lipinski definition) is 5. The number of hydrogen-bond donors (Lipinski definition) is 0. The van der Waals surface area contributed by atoms with Crippen LogP contribution in [0, 0.1) is 0 Å². The van der Waals surface area contributed by atoms with Crippen LogP contribution in [0.25, 0.3) is 11.0 Å². The van der Waals surface area contributed by atoms with Crippen LogP contribution in [0.4, 0.5) is 0 Å². The highest BCUT2D eigenvalue weighted by Crippen LogP contribution is 2.40. The minimum atomic E-state index is -0.0247. The van der Waals surface area contributed by atoms with E-state index in [1.165, 1.54) is 0 Å². The van der Waals surface area contributed by atoms with Crippen molar-refractivity contribution in [3.8, 4) is 0 Å². The molecule has 4 aromatic heterocycles. The molecule has 7 nitrogen and oxygen atoms in total. The lowest BCUT2D eigenvalue weighted by atomic mass is 10.1. The Morgan fingerprint density at radius 3 is 2.53 bits per heavy atom. The summed E-state index contributed by atoms with van der Waals surface area (Å²) < 4.78 is 1.91. The Balaban J connectivity index is 1.58. The second-order valence-electron chi connectivity index (χ2n) is 8.67. The summed E-state index contributed by atoms with van der Waals surface area (Å²) in [6, 6.07) is 9.93. The van der Waals surface area contributed by atoms with E-state index in [-0.39, 0.29) is 11.9 Å². The van der Waals surface area contributed by atoms with E-state index in [1.807, 2.05) is 39.9 Å². The van der Waals surface area contributed by atoms with Gasteiger partial charge in [0.15, 0.2) is 5.65 Å². The first-order valence-corrected chi connectivity index (χ1v) is 11.1. The number of carbonyl (C=O) groups excluding carboxylic acids is 1. The summed E-state index contributed by atoms with van der Waals surface area (Å²) in [5.74, 6) is 0.414. The van der Waals surface area contributed by atoms with Gasteiger partial charge in [0, 0.05) is 55.5 Å². The van der Waals surface area contributed by atoms with Gasteiger partial charge in [0.1, 0.15) is 0 Å². The average molecular weight is 427 g/mol. The van der Waals surface area contributed by atoms with E-state index >= 15 is 0 Å². The molecule has 1 saturated carbocycles. The molecule has 1 aliphatic carbocycles. The van der Waals surface area contributed by atoms with E-state index < -0.39 is 0 Å². The van der Waals surface area contributed by atoms with Gasteiger partial charge in [0.2, 0.25) is 0 Å². The quantitative estimate of drug-likeness (QED) is 0.434. The van der Waals surface area contributed by atoms with Gasteiger partial charge in [-0.05, 0) is 62.1 Å². The maximum Gasteiger partial charge on any atom is 0.255 e. The molecular formula is C25H26N6O. The fourth-order valence-electron chi connectivity index (χ4n) is 3.97. The number of carbonyl (C=O) groups is 1. The number of fused-ring (bicyclic) bond motifs is 1. The fourth-order valence-corrected chi connectivity index (χ4v) is 3.97. The van der Waals surface area contributed by atoms with Crippen LogP contribution in [0.3, 0.4) is 0 Å². The monoisotopic (exact) mass is 426 g/mol. The predicted molar refractivity (Wildman–Crippen MR) is 122 cm³/mol. The molecule has 0 bridgehead atoms. The van der Waals surface area contributed by atoms with Crippen molar-refractivity contribution in [2.45, 2.75) is 51.7 Å². The summed E-state index contributed by atoms with van der Waals surface area (Å²) in [6.45, 7) is 5.11. The Morgan fingerprint density at radius 1 is 1.06 bits per heavy atom. The van der Waals surface area contributed by atoms with E-state index in [0.29, 0.717) is 24.6 Å². The Hall–Kier alpha value is -3.61. The zero-order chi connectivity index (χ0) is 22.1. The number of nitrogens with zero attached hydrogens (tertiary/aromatic N) is 6. The van der Waals surface area contributed by atoms with Crippen LogP contribution in [0.5, 0.6) is 0 Å². The van der Waals surface area contributed by atoms with Crippen molar-refractivity contribution in [1.29, 1.82) is 0 Å². The number of aromatic nitrogens is 5. The maximum absolute atomic E-state index is 14.0. The third-order valence-electron chi connectivity index (χ3n) is 5.81. The fraction of sp³-hybridized carbons (Fsp3) is 0.320. The van der Waals surface area contributed by atoms with Crippen LogP contribution in [-0.4, -0.2) is 35.5 Å². The summed E-state index contributed by atoms with van der Waals surface area (Å²) in [5.41, 5.74) is 4.47. The lowest BCUT2D eigenvalue weighted by Crippen LogP contribution is -2.30. The molecule has 4 aromatic rings. The molecule has 0 saturated heterocycles. The van der Waals surface area contributed by atoms with Gasteiger partial charge in [-0.1, -0.05) is 6.07 Å². The van der Waals surface area contributed by atoms with Crippen molar-refractivity contribution < 1.29 is 4.79 Å². The van der Waals surface area contributed by atoms with Crippen molar-refractivity contribution in [3.05, 3.63) is 83.7 Å². The molecule has 4 heterocycles. The summed E-state index contributed by atoms with van der Waals surface area (Å²) in [7, 11) is 0. The molecule has 5 rings (SSSR count). The van der Waals surface area contributed by atoms with Crippen molar-refractivity contribution in [2.75, 3.05) is 0 Å². The zero-order valence-corrected chi connectivity index (χ0v) is 18.3. The van der Waals surface area contributed by atoms with Gasteiger partial charge in [-0.2, -0.15) is 5.10 Å². The molecule has 0 N–H and O–H groups in total. The molecule has 1 aliphatic rings. The molecule has 0 aliphatic heterocycles. The van der Waals surface area contributed by atoms with Crippen LogP contribution >= 0.6 is 0 Å². The van der Waals surface area contributed by atoms with Crippen LogP contribution in [0.15, 0.2) is 61.3 Å². The second-order valence-corrected chi connectivity index (χ2v) is 8.67.